The molecule has 17 heavy (non-hydrogen) atoms. The minimum atomic E-state index is -1.41. The number of carbonyl (C=O) groups is 2. The van der Waals surface area contributed by atoms with Crippen molar-refractivity contribution in [1.82, 2.24) is 0 Å². The molecule has 0 aliphatic rings. The van der Waals surface area contributed by atoms with Gasteiger partial charge in [-0.3, -0.25) is 9.59 Å². The van der Waals surface area contributed by atoms with Gasteiger partial charge in [0.05, 0.1) is 6.10 Å². The molecule has 2 unspecified atom stereocenters. The maximum absolute atomic E-state index is 11.6. The molecule has 0 aliphatic heterocycles. The van der Waals surface area contributed by atoms with Gasteiger partial charge in [0.1, 0.15) is 5.92 Å². The van der Waals surface area contributed by atoms with Gasteiger partial charge in [-0.25, -0.2) is 0 Å². The largest absolute Gasteiger partial charge is 0.481 e. The molecule has 2 atom stereocenters. The Morgan fingerprint density at radius 1 is 1.24 bits per heavy atom. The number of allylic oxidation sites excluding steroid dienone is 1. The van der Waals surface area contributed by atoms with Crippen LogP contribution in [0.2, 0.25) is 0 Å². The average Bonchev–Trinajstić information content (AvgIpc) is 2.27. The van der Waals surface area contributed by atoms with E-state index in [0.29, 0.717) is 0 Å². The number of rotatable bonds is 5. The molecule has 2 N–H and O–H groups in total. The van der Waals surface area contributed by atoms with E-state index in [1.54, 1.807) is 12.1 Å². The van der Waals surface area contributed by atoms with Crippen molar-refractivity contribution in [3.63, 3.8) is 0 Å². The molecule has 0 aromatic heterocycles. The Bertz CT molecular complexity index is 420. The molecule has 4 nitrogen and oxygen atoms in total. The van der Waals surface area contributed by atoms with Gasteiger partial charge in [-0.15, -0.1) is 0 Å². The lowest BCUT2D eigenvalue weighted by atomic mass is 9.98. The third-order valence-electron chi connectivity index (χ3n) is 2.29. The van der Waals surface area contributed by atoms with Crippen LogP contribution < -0.4 is 0 Å². The van der Waals surface area contributed by atoms with E-state index in [2.05, 4.69) is 0 Å². The van der Waals surface area contributed by atoms with Gasteiger partial charge in [0.25, 0.3) is 0 Å². The average molecular weight is 234 g/mol. The number of carbonyl (C=O) groups excluding carboxylic acids is 1. The number of hydrogen-bond acceptors (Lipinski definition) is 3. The van der Waals surface area contributed by atoms with E-state index in [1.807, 2.05) is 18.2 Å². The van der Waals surface area contributed by atoms with Crippen molar-refractivity contribution in [2.75, 3.05) is 0 Å². The molecule has 1 rings (SSSR count). The van der Waals surface area contributed by atoms with Crippen LogP contribution in [0.3, 0.4) is 0 Å². The van der Waals surface area contributed by atoms with Gasteiger partial charge in [-0.1, -0.05) is 36.4 Å². The Balaban J connectivity index is 2.78. The van der Waals surface area contributed by atoms with Crippen LogP contribution in [0.25, 0.3) is 6.08 Å². The predicted octanol–water partition coefficient (Wildman–Crippen LogP) is 1.35. The molecule has 0 amide bonds. The van der Waals surface area contributed by atoms with Crippen LogP contribution in [0.15, 0.2) is 36.4 Å². The van der Waals surface area contributed by atoms with Crippen molar-refractivity contribution >= 4 is 17.8 Å². The van der Waals surface area contributed by atoms with E-state index >= 15 is 0 Å². The van der Waals surface area contributed by atoms with Crippen LogP contribution in [0.4, 0.5) is 0 Å². The monoisotopic (exact) mass is 234 g/mol. The summed E-state index contributed by atoms with van der Waals surface area (Å²) in [6, 6.07) is 9.06. The Labute approximate surface area is 99.2 Å². The van der Waals surface area contributed by atoms with Crippen molar-refractivity contribution in [2.24, 2.45) is 5.92 Å². The van der Waals surface area contributed by atoms with Gasteiger partial charge < -0.3 is 10.2 Å². The highest BCUT2D eigenvalue weighted by Gasteiger charge is 2.28. The maximum Gasteiger partial charge on any atom is 0.317 e. The van der Waals surface area contributed by atoms with Gasteiger partial charge in [0.2, 0.25) is 0 Å². The predicted molar refractivity (Wildman–Crippen MR) is 63.3 cm³/mol. The summed E-state index contributed by atoms with van der Waals surface area (Å²) in [6.45, 7) is 1.28. The molecule has 0 saturated carbocycles. The molecule has 0 saturated heterocycles. The second-order valence-corrected chi connectivity index (χ2v) is 3.70. The summed E-state index contributed by atoms with van der Waals surface area (Å²) in [4.78, 5) is 22.4. The van der Waals surface area contributed by atoms with Gasteiger partial charge >= 0.3 is 5.97 Å². The summed E-state index contributed by atoms with van der Waals surface area (Å²) >= 11 is 0. The first-order valence-electron chi connectivity index (χ1n) is 5.20. The van der Waals surface area contributed by atoms with Crippen molar-refractivity contribution in [3.8, 4) is 0 Å². The second kappa shape index (κ2) is 5.96. The quantitative estimate of drug-likeness (QED) is 0.595. The number of carboxylic acid groups (broad SMARTS) is 1. The molecule has 0 aliphatic carbocycles. The summed E-state index contributed by atoms with van der Waals surface area (Å²) < 4.78 is 0. The minimum absolute atomic E-state index is 0.614. The highest BCUT2D eigenvalue weighted by Crippen LogP contribution is 2.09. The summed E-state index contributed by atoms with van der Waals surface area (Å²) in [7, 11) is 0. The lowest BCUT2D eigenvalue weighted by Crippen LogP contribution is -2.32. The SMILES string of the molecule is CC(O)C(C(=O)O)C(=O)/C=C/c1ccccc1. The number of hydrogen-bond donors (Lipinski definition) is 2. The van der Waals surface area contributed by atoms with E-state index in [1.165, 1.54) is 19.1 Å². The van der Waals surface area contributed by atoms with Crippen LogP contribution in [0, 0.1) is 5.92 Å². The lowest BCUT2D eigenvalue weighted by Gasteiger charge is -2.11. The van der Waals surface area contributed by atoms with Gasteiger partial charge in [-0.05, 0) is 18.6 Å². The summed E-state index contributed by atoms with van der Waals surface area (Å²) in [5.41, 5.74) is 0.801. The van der Waals surface area contributed by atoms with Crippen molar-refractivity contribution in [2.45, 2.75) is 13.0 Å². The number of carboxylic acids is 1. The van der Waals surface area contributed by atoms with Gasteiger partial charge in [-0.2, -0.15) is 0 Å². The van der Waals surface area contributed by atoms with Crippen molar-refractivity contribution < 1.29 is 19.8 Å². The van der Waals surface area contributed by atoms with Crippen LogP contribution in [-0.4, -0.2) is 28.1 Å². The van der Waals surface area contributed by atoms with Crippen LogP contribution in [-0.2, 0) is 9.59 Å². The highest BCUT2D eigenvalue weighted by molar-refractivity contribution is 6.06. The molecular formula is C13H14O4. The molecule has 0 spiro atoms. The van der Waals surface area contributed by atoms with E-state index in [-0.39, 0.29) is 0 Å². The zero-order valence-corrected chi connectivity index (χ0v) is 9.41. The van der Waals surface area contributed by atoms with Crippen molar-refractivity contribution in [3.05, 3.63) is 42.0 Å². The highest BCUT2D eigenvalue weighted by atomic mass is 16.4. The van der Waals surface area contributed by atoms with E-state index in [9.17, 15) is 14.7 Å². The standard InChI is InChI=1S/C13H14O4/c1-9(14)12(13(16)17)11(15)8-7-10-5-3-2-4-6-10/h2-9,12,14H,1H3,(H,16,17)/b8-7+. The first kappa shape index (κ1) is 13.1. The summed E-state index contributed by atoms with van der Waals surface area (Å²) in [5.74, 6) is -3.34. The third-order valence-corrected chi connectivity index (χ3v) is 2.29. The van der Waals surface area contributed by atoms with Crippen LogP contribution in [0.1, 0.15) is 12.5 Å². The molecule has 0 heterocycles. The molecule has 4 heteroatoms. The number of aliphatic hydroxyl groups excluding tert-OH is 1. The van der Waals surface area contributed by atoms with Crippen LogP contribution >= 0.6 is 0 Å². The first-order valence-corrected chi connectivity index (χ1v) is 5.20. The van der Waals surface area contributed by atoms with Gasteiger partial charge in [0.15, 0.2) is 5.78 Å². The third kappa shape index (κ3) is 3.85. The molecule has 90 valence electrons. The van der Waals surface area contributed by atoms with Crippen LogP contribution in [0.5, 0.6) is 0 Å². The topological polar surface area (TPSA) is 74.6 Å². The van der Waals surface area contributed by atoms with E-state index in [4.69, 9.17) is 5.11 Å². The smallest absolute Gasteiger partial charge is 0.317 e. The molecular weight excluding hydrogens is 220 g/mol. The molecule has 0 fully saturated rings. The fourth-order valence-electron chi connectivity index (χ4n) is 1.41. The number of benzene rings is 1. The van der Waals surface area contributed by atoms with Crippen molar-refractivity contribution in [1.29, 1.82) is 0 Å². The normalized spacial score (nSPS) is 14.5. The number of aliphatic carboxylic acids is 1. The Kier molecular flexibility index (Phi) is 4.60. The van der Waals surface area contributed by atoms with E-state index < -0.39 is 23.8 Å². The zero-order valence-electron chi connectivity index (χ0n) is 9.41. The lowest BCUT2D eigenvalue weighted by molar-refractivity contribution is -0.148. The summed E-state index contributed by atoms with van der Waals surface area (Å²) in [5, 5.41) is 18.0. The number of ketones is 1. The molecule has 1 aromatic carbocycles. The Hall–Kier alpha value is -1.94. The summed E-state index contributed by atoms with van der Waals surface area (Å²) in [6.07, 6.45) is 1.50. The van der Waals surface area contributed by atoms with E-state index in [0.717, 1.165) is 5.56 Å². The second-order valence-electron chi connectivity index (χ2n) is 3.70. The maximum atomic E-state index is 11.6. The minimum Gasteiger partial charge on any atom is -0.481 e. The van der Waals surface area contributed by atoms with Gasteiger partial charge in [0, 0.05) is 0 Å². The number of aliphatic hydroxyl groups is 1. The fourth-order valence-corrected chi connectivity index (χ4v) is 1.41. The molecule has 1 aromatic rings. The Morgan fingerprint density at radius 2 is 1.82 bits per heavy atom. The Morgan fingerprint density at radius 3 is 2.29 bits per heavy atom. The molecule has 0 radical (unpaired) electrons. The first-order chi connectivity index (χ1) is 8.02. The fraction of sp³-hybridized carbons (Fsp3) is 0.231. The molecule has 0 bridgehead atoms. The zero-order chi connectivity index (χ0) is 12.8.